The molecule has 0 aromatic heterocycles. The highest BCUT2D eigenvalue weighted by atomic mass is 16.5. The Morgan fingerprint density at radius 3 is 2.27 bits per heavy atom. The van der Waals surface area contributed by atoms with Crippen LogP contribution in [0.1, 0.15) is 29.8 Å². The van der Waals surface area contributed by atoms with Crippen molar-refractivity contribution >= 4 is 5.97 Å². The highest BCUT2D eigenvalue weighted by Crippen LogP contribution is 2.06. The molecule has 1 aromatic carbocycles. The molecule has 0 aliphatic heterocycles. The third-order valence-electron chi connectivity index (χ3n) is 1.64. The monoisotopic (exact) mass is 205 g/mol. The number of hydrogen-bond acceptors (Lipinski definition) is 2. The van der Waals surface area contributed by atoms with E-state index in [9.17, 15) is 4.79 Å². The molecular weight excluding hydrogens is 190 g/mol. The second kappa shape index (κ2) is 7.57. The molecule has 0 amide bonds. The van der Waals surface area contributed by atoms with Crippen molar-refractivity contribution in [1.29, 1.82) is 0 Å². The van der Waals surface area contributed by atoms with Gasteiger partial charge in [0.25, 0.3) is 0 Å². The Bertz CT molecular complexity index is 336. The molecule has 0 aliphatic carbocycles. The van der Waals surface area contributed by atoms with Gasteiger partial charge in [-0.2, -0.15) is 0 Å². The van der Waals surface area contributed by atoms with Gasteiger partial charge in [0.1, 0.15) is 0 Å². The molecule has 0 saturated carbocycles. The lowest BCUT2D eigenvalue weighted by Gasteiger charge is -1.98. The Morgan fingerprint density at radius 2 is 1.87 bits per heavy atom. The van der Waals surface area contributed by atoms with E-state index in [2.05, 4.69) is 9.58 Å². The van der Waals surface area contributed by atoms with Crippen LogP contribution >= 0.6 is 0 Å². The Morgan fingerprint density at radius 1 is 1.33 bits per heavy atom. The first-order valence-electron chi connectivity index (χ1n) is 4.78. The maximum atomic E-state index is 11.0. The maximum absolute atomic E-state index is 11.0. The van der Waals surface area contributed by atoms with Crippen LogP contribution < -0.4 is 0 Å². The lowest BCUT2D eigenvalue weighted by atomic mass is 10.1. The predicted molar refractivity (Wildman–Crippen MR) is 59.4 cm³/mol. The summed E-state index contributed by atoms with van der Waals surface area (Å²) in [5.74, 6) is -0.352. The minimum atomic E-state index is -0.352. The van der Waals surface area contributed by atoms with Gasteiger partial charge in [0, 0.05) is 5.56 Å². The molecule has 0 aliphatic rings. The number of esters is 1. The second-order valence-corrected chi connectivity index (χ2v) is 2.50. The molecule has 0 radical (unpaired) electrons. The SMILES string of the molecule is CC.[C-]#[N+]Cc1ccc(C(=O)OC)cc1. The second-order valence-electron chi connectivity index (χ2n) is 2.50. The highest BCUT2D eigenvalue weighted by Gasteiger charge is 2.04. The first-order chi connectivity index (χ1) is 7.27. The molecule has 1 aromatic rings. The van der Waals surface area contributed by atoms with E-state index in [-0.39, 0.29) is 5.97 Å². The Balaban J connectivity index is 0.000000921. The van der Waals surface area contributed by atoms with Crippen LogP contribution in [-0.2, 0) is 11.3 Å². The molecule has 0 atom stereocenters. The van der Waals surface area contributed by atoms with E-state index in [1.807, 2.05) is 13.8 Å². The summed E-state index contributed by atoms with van der Waals surface area (Å²) in [6, 6.07) is 6.83. The van der Waals surface area contributed by atoms with Crippen molar-refractivity contribution in [3.63, 3.8) is 0 Å². The number of methoxy groups -OCH3 is 1. The van der Waals surface area contributed by atoms with E-state index in [0.717, 1.165) is 5.56 Å². The normalized spacial score (nSPS) is 8.13. The Hall–Kier alpha value is -1.82. The van der Waals surface area contributed by atoms with Crippen molar-refractivity contribution in [2.45, 2.75) is 20.4 Å². The van der Waals surface area contributed by atoms with E-state index in [1.165, 1.54) is 7.11 Å². The van der Waals surface area contributed by atoms with E-state index < -0.39 is 0 Å². The average Bonchev–Trinajstić information content (AvgIpc) is 2.32. The van der Waals surface area contributed by atoms with Gasteiger partial charge in [-0.25, -0.2) is 11.4 Å². The number of hydrogen-bond donors (Lipinski definition) is 0. The molecule has 0 saturated heterocycles. The van der Waals surface area contributed by atoms with Crippen molar-refractivity contribution in [3.05, 3.63) is 46.8 Å². The summed E-state index contributed by atoms with van der Waals surface area (Å²) < 4.78 is 4.54. The van der Waals surface area contributed by atoms with Gasteiger partial charge in [0.05, 0.1) is 12.7 Å². The predicted octanol–water partition coefficient (Wildman–Crippen LogP) is 2.92. The first kappa shape index (κ1) is 13.2. The van der Waals surface area contributed by atoms with Gasteiger partial charge in [-0.3, -0.25) is 0 Å². The van der Waals surface area contributed by atoms with Crippen LogP contribution in [0.2, 0.25) is 0 Å². The number of ether oxygens (including phenoxy) is 1. The third kappa shape index (κ3) is 4.28. The minimum Gasteiger partial charge on any atom is -0.465 e. The van der Waals surface area contributed by atoms with Crippen molar-refractivity contribution in [2.24, 2.45) is 0 Å². The lowest BCUT2D eigenvalue weighted by molar-refractivity contribution is 0.0600. The van der Waals surface area contributed by atoms with Crippen LogP contribution in [0, 0.1) is 6.57 Å². The van der Waals surface area contributed by atoms with Crippen LogP contribution in [0.3, 0.4) is 0 Å². The quantitative estimate of drug-likeness (QED) is 0.549. The summed E-state index contributed by atoms with van der Waals surface area (Å²) in [4.78, 5) is 14.2. The van der Waals surface area contributed by atoms with E-state index >= 15 is 0 Å². The molecular formula is C12H15NO2. The molecule has 0 fully saturated rings. The summed E-state index contributed by atoms with van der Waals surface area (Å²) in [6.07, 6.45) is 0. The van der Waals surface area contributed by atoms with Crippen molar-refractivity contribution in [2.75, 3.05) is 7.11 Å². The topological polar surface area (TPSA) is 30.7 Å². The van der Waals surface area contributed by atoms with Crippen molar-refractivity contribution in [1.82, 2.24) is 0 Å². The lowest BCUT2D eigenvalue weighted by Crippen LogP contribution is -2.00. The van der Waals surface area contributed by atoms with Gasteiger partial charge in [-0.1, -0.05) is 26.0 Å². The summed E-state index contributed by atoms with van der Waals surface area (Å²) in [6.45, 7) is 11.0. The Kier molecular flexibility index (Phi) is 6.65. The summed E-state index contributed by atoms with van der Waals surface area (Å²) in [5.41, 5.74) is 1.42. The molecule has 0 heterocycles. The molecule has 0 spiro atoms. The fourth-order valence-electron chi connectivity index (χ4n) is 0.955. The standard InChI is InChI=1S/C10H9NO2.C2H6/c1-11-7-8-3-5-9(6-4-8)10(12)13-2;1-2/h3-6H,7H2,2H3;1-2H3. The molecule has 0 N–H and O–H groups in total. The zero-order valence-corrected chi connectivity index (χ0v) is 9.28. The number of carbonyl (C=O) groups is 1. The molecule has 0 bridgehead atoms. The zero-order chi connectivity index (χ0) is 11.7. The largest absolute Gasteiger partial charge is 0.465 e. The molecule has 15 heavy (non-hydrogen) atoms. The number of carbonyl (C=O) groups excluding carboxylic acids is 1. The average molecular weight is 205 g/mol. The maximum Gasteiger partial charge on any atom is 0.337 e. The van der Waals surface area contributed by atoms with Crippen LogP contribution in [0.4, 0.5) is 0 Å². The van der Waals surface area contributed by atoms with E-state index in [4.69, 9.17) is 6.57 Å². The summed E-state index contributed by atoms with van der Waals surface area (Å²) in [5, 5.41) is 0. The summed E-state index contributed by atoms with van der Waals surface area (Å²) >= 11 is 0. The van der Waals surface area contributed by atoms with Crippen LogP contribution in [0.25, 0.3) is 4.85 Å². The van der Waals surface area contributed by atoms with Crippen molar-refractivity contribution in [3.8, 4) is 0 Å². The molecule has 80 valence electrons. The molecule has 0 unspecified atom stereocenters. The smallest absolute Gasteiger partial charge is 0.337 e. The third-order valence-corrected chi connectivity index (χ3v) is 1.64. The first-order valence-corrected chi connectivity index (χ1v) is 4.78. The van der Waals surface area contributed by atoms with Gasteiger partial charge in [-0.15, -0.1) is 0 Å². The van der Waals surface area contributed by atoms with Crippen LogP contribution in [-0.4, -0.2) is 13.1 Å². The van der Waals surface area contributed by atoms with E-state index in [0.29, 0.717) is 12.1 Å². The number of benzene rings is 1. The highest BCUT2D eigenvalue weighted by molar-refractivity contribution is 5.89. The van der Waals surface area contributed by atoms with Crippen LogP contribution in [0.5, 0.6) is 0 Å². The van der Waals surface area contributed by atoms with Gasteiger partial charge in [0.2, 0.25) is 6.54 Å². The zero-order valence-electron chi connectivity index (χ0n) is 9.28. The Labute approximate surface area is 90.5 Å². The molecule has 3 heteroatoms. The van der Waals surface area contributed by atoms with Gasteiger partial charge in [0.15, 0.2) is 0 Å². The fraction of sp³-hybridized carbons (Fsp3) is 0.333. The fourth-order valence-corrected chi connectivity index (χ4v) is 0.955. The van der Waals surface area contributed by atoms with Gasteiger partial charge in [-0.05, 0) is 12.1 Å². The number of nitrogens with zero attached hydrogens (tertiary/aromatic N) is 1. The van der Waals surface area contributed by atoms with Crippen molar-refractivity contribution < 1.29 is 9.53 Å². The summed E-state index contributed by atoms with van der Waals surface area (Å²) in [7, 11) is 1.34. The minimum absolute atomic E-state index is 0.349. The van der Waals surface area contributed by atoms with Gasteiger partial charge >= 0.3 is 5.97 Å². The number of rotatable bonds is 2. The molecule has 3 nitrogen and oxygen atoms in total. The molecule has 1 rings (SSSR count). The van der Waals surface area contributed by atoms with Crippen LogP contribution in [0.15, 0.2) is 24.3 Å². The van der Waals surface area contributed by atoms with E-state index in [1.54, 1.807) is 24.3 Å². The van der Waals surface area contributed by atoms with Gasteiger partial charge < -0.3 is 9.58 Å².